The van der Waals surface area contributed by atoms with Crippen molar-refractivity contribution in [3.05, 3.63) is 46.9 Å². The second-order valence-corrected chi connectivity index (χ2v) is 6.89. The number of anilines is 2. The van der Waals surface area contributed by atoms with Gasteiger partial charge in [0.25, 0.3) is 5.91 Å². The minimum absolute atomic E-state index is 0.00435. The largest absolute Gasteiger partial charge is 0.340 e. The first-order chi connectivity index (χ1) is 12.0. The second kappa shape index (κ2) is 7.64. The molecule has 5 heteroatoms. The van der Waals surface area contributed by atoms with Crippen molar-refractivity contribution < 1.29 is 4.79 Å². The number of hydrogen-bond acceptors (Lipinski definition) is 4. The third-order valence-electron chi connectivity index (χ3n) is 4.71. The van der Waals surface area contributed by atoms with Crippen molar-refractivity contribution in [1.82, 2.24) is 14.9 Å². The maximum Gasteiger partial charge on any atom is 0.272 e. The van der Waals surface area contributed by atoms with Crippen molar-refractivity contribution >= 4 is 17.4 Å². The number of nitrogens with one attached hydrogen (secondary N) is 1. The zero-order valence-electron chi connectivity index (χ0n) is 15.3. The van der Waals surface area contributed by atoms with Crippen LogP contribution in [0.2, 0.25) is 0 Å². The molecule has 0 atom stereocenters. The number of likely N-dealkylation sites (tertiary alicyclic amines) is 1. The lowest BCUT2D eigenvalue weighted by Crippen LogP contribution is -2.32. The van der Waals surface area contributed by atoms with Crippen molar-refractivity contribution in [3.63, 3.8) is 0 Å². The van der Waals surface area contributed by atoms with Gasteiger partial charge in [-0.1, -0.05) is 30.5 Å². The fraction of sp³-hybridized carbons (Fsp3) is 0.450. The van der Waals surface area contributed by atoms with E-state index >= 15 is 0 Å². The molecule has 0 saturated carbocycles. The Hall–Kier alpha value is -2.43. The summed E-state index contributed by atoms with van der Waals surface area (Å²) in [6.07, 6.45) is 6.01. The van der Waals surface area contributed by atoms with Gasteiger partial charge in [-0.15, -0.1) is 0 Å². The van der Waals surface area contributed by atoms with Gasteiger partial charge in [0, 0.05) is 24.8 Å². The molecule has 1 aromatic heterocycles. The molecule has 1 fully saturated rings. The van der Waals surface area contributed by atoms with Crippen molar-refractivity contribution in [2.45, 2.75) is 46.5 Å². The third-order valence-corrected chi connectivity index (χ3v) is 4.71. The van der Waals surface area contributed by atoms with Gasteiger partial charge in [-0.3, -0.25) is 4.79 Å². The first-order valence-electron chi connectivity index (χ1n) is 9.01. The third kappa shape index (κ3) is 4.16. The molecule has 25 heavy (non-hydrogen) atoms. The van der Waals surface area contributed by atoms with Crippen LogP contribution in [0.4, 0.5) is 11.5 Å². The van der Waals surface area contributed by atoms with Crippen molar-refractivity contribution in [2.24, 2.45) is 0 Å². The van der Waals surface area contributed by atoms with Crippen LogP contribution in [-0.4, -0.2) is 33.9 Å². The fourth-order valence-electron chi connectivity index (χ4n) is 3.48. The maximum atomic E-state index is 12.7. The van der Waals surface area contributed by atoms with Crippen molar-refractivity contribution in [1.29, 1.82) is 0 Å². The molecule has 0 spiro atoms. The highest BCUT2D eigenvalue weighted by atomic mass is 16.2. The number of benzene rings is 1. The first-order valence-corrected chi connectivity index (χ1v) is 9.01. The van der Waals surface area contributed by atoms with Crippen LogP contribution in [0.25, 0.3) is 0 Å². The van der Waals surface area contributed by atoms with E-state index in [0.717, 1.165) is 42.7 Å². The summed E-state index contributed by atoms with van der Waals surface area (Å²) in [7, 11) is 0. The Balaban J connectivity index is 1.81. The van der Waals surface area contributed by atoms with E-state index in [9.17, 15) is 4.79 Å². The Morgan fingerprint density at radius 2 is 1.60 bits per heavy atom. The van der Waals surface area contributed by atoms with Gasteiger partial charge >= 0.3 is 0 Å². The molecule has 1 aromatic carbocycles. The van der Waals surface area contributed by atoms with Gasteiger partial charge in [-0.25, -0.2) is 9.97 Å². The zero-order valence-corrected chi connectivity index (χ0v) is 15.3. The lowest BCUT2D eigenvalue weighted by Gasteiger charge is -2.20. The summed E-state index contributed by atoms with van der Waals surface area (Å²) >= 11 is 0. The van der Waals surface area contributed by atoms with E-state index in [0.29, 0.717) is 11.5 Å². The summed E-state index contributed by atoms with van der Waals surface area (Å²) in [5.74, 6) is 0.660. The van der Waals surface area contributed by atoms with Crippen LogP contribution in [0.15, 0.2) is 24.5 Å². The van der Waals surface area contributed by atoms with Crippen LogP contribution in [-0.2, 0) is 0 Å². The van der Waals surface area contributed by atoms with E-state index in [-0.39, 0.29) is 5.91 Å². The molecule has 132 valence electrons. The molecule has 1 saturated heterocycles. The molecule has 1 aliphatic heterocycles. The van der Waals surface area contributed by atoms with Gasteiger partial charge < -0.3 is 10.2 Å². The quantitative estimate of drug-likeness (QED) is 0.913. The maximum absolute atomic E-state index is 12.7. The van der Waals surface area contributed by atoms with Crippen LogP contribution < -0.4 is 5.32 Å². The van der Waals surface area contributed by atoms with E-state index in [1.807, 2.05) is 4.90 Å². The summed E-state index contributed by atoms with van der Waals surface area (Å²) in [4.78, 5) is 23.2. The van der Waals surface area contributed by atoms with Gasteiger partial charge in [0.15, 0.2) is 0 Å². The molecule has 5 nitrogen and oxygen atoms in total. The minimum atomic E-state index is 0.00435. The Morgan fingerprint density at radius 1 is 0.960 bits per heavy atom. The Morgan fingerprint density at radius 3 is 2.24 bits per heavy atom. The van der Waals surface area contributed by atoms with Crippen molar-refractivity contribution in [2.75, 3.05) is 18.4 Å². The Kier molecular flexibility index (Phi) is 5.31. The summed E-state index contributed by atoms with van der Waals surface area (Å²) in [5.41, 5.74) is 5.06. The van der Waals surface area contributed by atoms with Gasteiger partial charge in [0.1, 0.15) is 17.8 Å². The number of carbonyl (C=O) groups excluding carboxylic acids is 1. The highest BCUT2D eigenvalue weighted by Gasteiger charge is 2.19. The average molecular weight is 338 g/mol. The Bertz CT molecular complexity index is 741. The lowest BCUT2D eigenvalue weighted by atomic mass is 10.1. The molecule has 0 unspecified atom stereocenters. The highest BCUT2D eigenvalue weighted by molar-refractivity contribution is 5.93. The van der Waals surface area contributed by atoms with Crippen LogP contribution in [0.1, 0.15) is 52.9 Å². The number of hydrogen-bond donors (Lipinski definition) is 1. The van der Waals surface area contributed by atoms with Gasteiger partial charge in [0.2, 0.25) is 0 Å². The number of amides is 1. The number of rotatable bonds is 3. The number of nitrogens with zero attached hydrogens (tertiary/aromatic N) is 3. The second-order valence-electron chi connectivity index (χ2n) is 6.89. The molecule has 3 rings (SSSR count). The monoisotopic (exact) mass is 338 g/mol. The van der Waals surface area contributed by atoms with E-state index in [2.05, 4.69) is 48.2 Å². The van der Waals surface area contributed by atoms with Crippen LogP contribution in [0.5, 0.6) is 0 Å². The normalized spacial score (nSPS) is 14.9. The van der Waals surface area contributed by atoms with E-state index < -0.39 is 0 Å². The Labute approximate surface area is 149 Å². The predicted octanol–water partition coefficient (Wildman–Crippen LogP) is 4.16. The summed E-state index contributed by atoms with van der Waals surface area (Å²) in [6.45, 7) is 7.88. The van der Waals surface area contributed by atoms with Crippen LogP contribution >= 0.6 is 0 Å². The molecular weight excluding hydrogens is 312 g/mol. The molecule has 1 aliphatic rings. The van der Waals surface area contributed by atoms with Gasteiger partial charge in [-0.05, 0) is 44.7 Å². The average Bonchev–Trinajstić information content (AvgIpc) is 2.87. The molecule has 2 aromatic rings. The predicted molar refractivity (Wildman–Crippen MR) is 100 cm³/mol. The number of aryl methyl sites for hydroxylation is 3. The molecule has 1 amide bonds. The van der Waals surface area contributed by atoms with Crippen LogP contribution in [0.3, 0.4) is 0 Å². The smallest absolute Gasteiger partial charge is 0.272 e. The summed E-state index contributed by atoms with van der Waals surface area (Å²) in [6, 6.07) is 6.03. The fourth-order valence-corrected chi connectivity index (χ4v) is 3.48. The number of aromatic nitrogens is 2. The molecule has 0 aliphatic carbocycles. The zero-order chi connectivity index (χ0) is 17.8. The van der Waals surface area contributed by atoms with E-state index in [1.54, 1.807) is 6.07 Å². The van der Waals surface area contributed by atoms with Crippen LogP contribution in [0, 0.1) is 20.8 Å². The number of carbonyl (C=O) groups is 1. The lowest BCUT2D eigenvalue weighted by molar-refractivity contribution is 0.0755. The van der Waals surface area contributed by atoms with Crippen molar-refractivity contribution in [3.8, 4) is 0 Å². The molecule has 0 bridgehead atoms. The standard InChI is InChI=1S/C20H26N4O/c1-14-10-15(2)19(16(3)11-14)23-18-12-17(21-13-22-18)20(25)24-8-6-4-5-7-9-24/h10-13H,4-9H2,1-3H3,(H,21,22,23). The summed E-state index contributed by atoms with van der Waals surface area (Å²) in [5, 5.41) is 3.36. The van der Waals surface area contributed by atoms with Gasteiger partial charge in [-0.2, -0.15) is 0 Å². The van der Waals surface area contributed by atoms with E-state index in [4.69, 9.17) is 0 Å². The molecule has 1 N–H and O–H groups in total. The molecule has 2 heterocycles. The van der Waals surface area contributed by atoms with Gasteiger partial charge in [0.05, 0.1) is 0 Å². The minimum Gasteiger partial charge on any atom is -0.340 e. The molecular formula is C20H26N4O. The topological polar surface area (TPSA) is 58.1 Å². The highest BCUT2D eigenvalue weighted by Crippen LogP contribution is 2.25. The first kappa shape index (κ1) is 17.4. The molecule has 0 radical (unpaired) electrons. The SMILES string of the molecule is Cc1cc(C)c(Nc2cc(C(=O)N3CCCCCC3)ncn2)c(C)c1. The summed E-state index contributed by atoms with van der Waals surface area (Å²) < 4.78 is 0. The van der Waals surface area contributed by atoms with E-state index in [1.165, 1.54) is 24.7 Å².